The number of nitrogens with zero attached hydrogens (tertiary/aromatic N) is 1. The number of rotatable bonds is 5. The van der Waals surface area contributed by atoms with Crippen molar-refractivity contribution in [1.29, 1.82) is 5.26 Å². The minimum atomic E-state index is -0.964. The number of hydrogen-bond acceptors (Lipinski definition) is 3. The Kier molecular flexibility index (Phi) is 3.01. The van der Waals surface area contributed by atoms with E-state index in [2.05, 4.69) is 6.07 Å². The number of hydrogen-bond donors (Lipinski definition) is 1. The van der Waals surface area contributed by atoms with E-state index >= 15 is 0 Å². The Balaban J connectivity index is 1.98. The average molecular weight is 231 g/mol. The van der Waals surface area contributed by atoms with Crippen LogP contribution in [0.5, 0.6) is 5.75 Å². The van der Waals surface area contributed by atoms with Crippen LogP contribution in [0.15, 0.2) is 24.3 Å². The van der Waals surface area contributed by atoms with E-state index < -0.39 is 5.97 Å². The summed E-state index contributed by atoms with van der Waals surface area (Å²) in [6.45, 7) is 0.490. The number of ether oxygens (including phenoxy) is 1. The molecule has 0 saturated heterocycles. The van der Waals surface area contributed by atoms with Gasteiger partial charge in [0.15, 0.2) is 0 Å². The summed E-state index contributed by atoms with van der Waals surface area (Å²) >= 11 is 0. The van der Waals surface area contributed by atoms with Gasteiger partial charge in [0.1, 0.15) is 5.75 Å². The number of carbonyl (C=O) groups is 1. The van der Waals surface area contributed by atoms with Crippen molar-refractivity contribution in [2.24, 2.45) is 5.41 Å². The molecule has 0 radical (unpaired) electrons. The molecule has 1 aliphatic rings. The Morgan fingerprint density at radius 1 is 1.53 bits per heavy atom. The molecular weight excluding hydrogens is 218 g/mol. The molecule has 1 fully saturated rings. The maximum atomic E-state index is 10.8. The number of carboxylic acid groups (broad SMARTS) is 1. The standard InChI is InChI=1S/C13H13NO3/c14-7-6-13(4-5-13)9-17-11-3-1-2-10(8-11)12(15)16/h1-3,8H,4-6,9H2,(H,15,16). The smallest absolute Gasteiger partial charge is 0.335 e. The van der Waals surface area contributed by atoms with Gasteiger partial charge in [0, 0.05) is 11.8 Å². The van der Waals surface area contributed by atoms with E-state index in [1.54, 1.807) is 12.1 Å². The van der Waals surface area contributed by atoms with E-state index in [-0.39, 0.29) is 11.0 Å². The SMILES string of the molecule is N#CCC1(COc2cccc(C(=O)O)c2)CC1. The Morgan fingerprint density at radius 3 is 2.88 bits per heavy atom. The highest BCUT2D eigenvalue weighted by molar-refractivity contribution is 5.87. The number of benzene rings is 1. The van der Waals surface area contributed by atoms with Gasteiger partial charge in [0.05, 0.1) is 18.2 Å². The van der Waals surface area contributed by atoms with Crippen molar-refractivity contribution in [3.63, 3.8) is 0 Å². The lowest BCUT2D eigenvalue weighted by Crippen LogP contribution is -2.12. The van der Waals surface area contributed by atoms with Gasteiger partial charge in [-0.1, -0.05) is 6.07 Å². The van der Waals surface area contributed by atoms with E-state index in [1.807, 2.05) is 0 Å². The Hall–Kier alpha value is -2.02. The zero-order valence-corrected chi connectivity index (χ0v) is 9.35. The molecule has 1 aliphatic carbocycles. The van der Waals surface area contributed by atoms with Crippen LogP contribution in [0.2, 0.25) is 0 Å². The quantitative estimate of drug-likeness (QED) is 0.845. The fourth-order valence-corrected chi connectivity index (χ4v) is 1.67. The van der Waals surface area contributed by atoms with Crippen LogP contribution in [0.4, 0.5) is 0 Å². The van der Waals surface area contributed by atoms with Crippen LogP contribution in [0.3, 0.4) is 0 Å². The van der Waals surface area contributed by atoms with E-state index in [1.165, 1.54) is 12.1 Å². The largest absolute Gasteiger partial charge is 0.493 e. The molecule has 0 aliphatic heterocycles. The second-order valence-electron chi connectivity index (χ2n) is 4.46. The molecule has 1 N–H and O–H groups in total. The summed E-state index contributed by atoms with van der Waals surface area (Å²) in [4.78, 5) is 10.8. The van der Waals surface area contributed by atoms with Crippen LogP contribution < -0.4 is 4.74 Å². The molecular formula is C13H13NO3. The molecule has 2 rings (SSSR count). The van der Waals surface area contributed by atoms with Crippen molar-refractivity contribution in [3.05, 3.63) is 29.8 Å². The first-order valence-corrected chi connectivity index (χ1v) is 5.48. The van der Waals surface area contributed by atoms with Gasteiger partial charge in [-0.3, -0.25) is 0 Å². The number of nitriles is 1. The molecule has 4 heteroatoms. The van der Waals surface area contributed by atoms with Crippen molar-refractivity contribution >= 4 is 5.97 Å². The zero-order valence-electron chi connectivity index (χ0n) is 9.35. The minimum Gasteiger partial charge on any atom is -0.493 e. The van der Waals surface area contributed by atoms with Crippen LogP contribution in [0.25, 0.3) is 0 Å². The lowest BCUT2D eigenvalue weighted by molar-refractivity contribution is 0.0696. The molecule has 88 valence electrons. The summed E-state index contributed by atoms with van der Waals surface area (Å²) in [5, 5.41) is 17.5. The van der Waals surface area contributed by atoms with Gasteiger partial charge in [-0.05, 0) is 31.0 Å². The monoisotopic (exact) mass is 231 g/mol. The van der Waals surface area contributed by atoms with Crippen LogP contribution in [0, 0.1) is 16.7 Å². The van der Waals surface area contributed by atoms with E-state index in [4.69, 9.17) is 15.1 Å². The van der Waals surface area contributed by atoms with Gasteiger partial charge in [-0.25, -0.2) is 4.79 Å². The normalized spacial score (nSPS) is 15.9. The van der Waals surface area contributed by atoms with Crippen LogP contribution >= 0.6 is 0 Å². The summed E-state index contributed by atoms with van der Waals surface area (Å²) in [6, 6.07) is 8.58. The fraction of sp³-hybridized carbons (Fsp3) is 0.385. The Bertz CT molecular complexity index is 472. The van der Waals surface area contributed by atoms with E-state index in [0.717, 1.165) is 12.8 Å². The molecule has 0 spiro atoms. The highest BCUT2D eigenvalue weighted by atomic mass is 16.5. The lowest BCUT2D eigenvalue weighted by atomic mass is 10.1. The van der Waals surface area contributed by atoms with Gasteiger partial charge < -0.3 is 9.84 Å². The third-order valence-corrected chi connectivity index (χ3v) is 3.04. The van der Waals surface area contributed by atoms with E-state index in [0.29, 0.717) is 18.8 Å². The molecule has 0 bridgehead atoms. The molecule has 0 atom stereocenters. The summed E-state index contributed by atoms with van der Waals surface area (Å²) < 4.78 is 5.56. The topological polar surface area (TPSA) is 70.3 Å². The summed E-state index contributed by atoms with van der Waals surface area (Å²) in [5.74, 6) is -0.414. The highest BCUT2D eigenvalue weighted by Gasteiger charge is 2.43. The first kappa shape index (κ1) is 11.5. The van der Waals surface area contributed by atoms with Crippen molar-refractivity contribution in [1.82, 2.24) is 0 Å². The molecule has 4 nitrogen and oxygen atoms in total. The summed E-state index contributed by atoms with van der Waals surface area (Å²) in [5.41, 5.74) is 0.223. The maximum absolute atomic E-state index is 10.8. The number of carboxylic acids is 1. The third kappa shape index (κ3) is 2.76. The van der Waals surface area contributed by atoms with Crippen molar-refractivity contribution in [3.8, 4) is 11.8 Å². The van der Waals surface area contributed by atoms with Crippen LogP contribution in [-0.4, -0.2) is 17.7 Å². The molecule has 1 aromatic carbocycles. The van der Waals surface area contributed by atoms with Crippen molar-refractivity contribution in [2.75, 3.05) is 6.61 Å². The zero-order chi connectivity index (χ0) is 12.3. The second-order valence-corrected chi connectivity index (χ2v) is 4.46. The van der Waals surface area contributed by atoms with Gasteiger partial charge in [0.25, 0.3) is 0 Å². The maximum Gasteiger partial charge on any atom is 0.335 e. The predicted molar refractivity (Wildman–Crippen MR) is 60.8 cm³/mol. The summed E-state index contributed by atoms with van der Waals surface area (Å²) in [6.07, 6.45) is 2.53. The Morgan fingerprint density at radius 2 is 2.29 bits per heavy atom. The molecule has 0 aromatic heterocycles. The first-order chi connectivity index (χ1) is 8.15. The molecule has 17 heavy (non-hydrogen) atoms. The molecule has 0 amide bonds. The predicted octanol–water partition coefficient (Wildman–Crippen LogP) is 2.46. The van der Waals surface area contributed by atoms with Gasteiger partial charge in [-0.15, -0.1) is 0 Å². The third-order valence-electron chi connectivity index (χ3n) is 3.04. The van der Waals surface area contributed by atoms with Gasteiger partial charge in [-0.2, -0.15) is 5.26 Å². The Labute approximate surface area is 99.4 Å². The highest BCUT2D eigenvalue weighted by Crippen LogP contribution is 2.48. The second kappa shape index (κ2) is 4.46. The fourth-order valence-electron chi connectivity index (χ4n) is 1.67. The number of aromatic carboxylic acids is 1. The minimum absolute atomic E-state index is 0.00792. The lowest BCUT2D eigenvalue weighted by Gasteiger charge is -2.12. The molecule has 0 heterocycles. The molecule has 0 unspecified atom stereocenters. The van der Waals surface area contributed by atoms with Gasteiger partial charge >= 0.3 is 5.97 Å². The van der Waals surface area contributed by atoms with Gasteiger partial charge in [0.2, 0.25) is 0 Å². The van der Waals surface area contributed by atoms with Crippen molar-refractivity contribution < 1.29 is 14.6 Å². The summed E-state index contributed by atoms with van der Waals surface area (Å²) in [7, 11) is 0. The van der Waals surface area contributed by atoms with Crippen LogP contribution in [0.1, 0.15) is 29.6 Å². The first-order valence-electron chi connectivity index (χ1n) is 5.48. The average Bonchev–Trinajstić information content (AvgIpc) is 3.08. The van der Waals surface area contributed by atoms with E-state index in [9.17, 15) is 4.79 Å². The molecule has 1 aromatic rings. The molecule has 1 saturated carbocycles. The van der Waals surface area contributed by atoms with Crippen LogP contribution in [-0.2, 0) is 0 Å². The van der Waals surface area contributed by atoms with Crippen molar-refractivity contribution in [2.45, 2.75) is 19.3 Å².